The first-order valence-electron chi connectivity index (χ1n) is 9.78. The molecule has 0 unspecified atom stereocenters. The molecule has 0 saturated heterocycles. The minimum atomic E-state index is -0.326. The number of nitrogens with zero attached hydrogens (tertiary/aromatic N) is 1. The number of aromatic nitrogens is 1. The molecule has 0 spiro atoms. The summed E-state index contributed by atoms with van der Waals surface area (Å²) in [6.07, 6.45) is 2.61. The SMILES string of the molecule is CC(C)CN1C(=O)c2ccc(C(=O)NCCc3ccc4[nH]ccc4c3)cc2C1=O. The third-order valence-corrected chi connectivity index (χ3v) is 5.10. The van der Waals surface area contributed by atoms with Crippen molar-refractivity contribution in [3.05, 3.63) is 70.9 Å². The zero-order valence-corrected chi connectivity index (χ0v) is 16.5. The average molecular weight is 389 g/mol. The van der Waals surface area contributed by atoms with Crippen LogP contribution in [0.4, 0.5) is 0 Å². The fourth-order valence-electron chi connectivity index (χ4n) is 3.64. The van der Waals surface area contributed by atoms with Gasteiger partial charge in [-0.3, -0.25) is 19.3 Å². The Morgan fingerprint density at radius 1 is 1.03 bits per heavy atom. The molecule has 0 radical (unpaired) electrons. The second-order valence-electron chi connectivity index (χ2n) is 7.78. The Hall–Kier alpha value is -3.41. The van der Waals surface area contributed by atoms with Gasteiger partial charge in [0.15, 0.2) is 0 Å². The number of fused-ring (bicyclic) bond motifs is 2. The van der Waals surface area contributed by atoms with E-state index in [1.165, 1.54) is 11.0 Å². The summed E-state index contributed by atoms with van der Waals surface area (Å²) in [7, 11) is 0. The maximum Gasteiger partial charge on any atom is 0.261 e. The Balaban J connectivity index is 1.41. The van der Waals surface area contributed by atoms with Crippen molar-refractivity contribution in [1.82, 2.24) is 15.2 Å². The highest BCUT2D eigenvalue weighted by atomic mass is 16.2. The molecule has 3 aromatic rings. The van der Waals surface area contributed by atoms with Gasteiger partial charge >= 0.3 is 0 Å². The normalized spacial score (nSPS) is 13.4. The van der Waals surface area contributed by atoms with Gasteiger partial charge in [-0.15, -0.1) is 0 Å². The number of carbonyl (C=O) groups is 3. The van der Waals surface area contributed by atoms with Crippen molar-refractivity contribution in [3.63, 3.8) is 0 Å². The molecule has 1 aliphatic heterocycles. The van der Waals surface area contributed by atoms with Crippen molar-refractivity contribution in [2.24, 2.45) is 5.92 Å². The van der Waals surface area contributed by atoms with E-state index in [0.29, 0.717) is 36.2 Å². The predicted octanol–water partition coefficient (Wildman–Crippen LogP) is 3.39. The van der Waals surface area contributed by atoms with Gasteiger partial charge in [0.1, 0.15) is 0 Å². The number of amides is 3. The van der Waals surface area contributed by atoms with Crippen molar-refractivity contribution in [2.45, 2.75) is 20.3 Å². The molecule has 0 saturated carbocycles. The van der Waals surface area contributed by atoms with Gasteiger partial charge in [0.05, 0.1) is 11.1 Å². The van der Waals surface area contributed by atoms with Crippen LogP contribution in [0.15, 0.2) is 48.7 Å². The fraction of sp³-hybridized carbons (Fsp3) is 0.261. The Morgan fingerprint density at radius 2 is 1.83 bits per heavy atom. The molecule has 2 N–H and O–H groups in total. The lowest BCUT2D eigenvalue weighted by Gasteiger charge is -2.15. The first-order valence-corrected chi connectivity index (χ1v) is 9.78. The van der Waals surface area contributed by atoms with Gasteiger partial charge in [-0.05, 0) is 59.7 Å². The number of benzene rings is 2. The molecule has 0 fully saturated rings. The van der Waals surface area contributed by atoms with Gasteiger partial charge in [-0.25, -0.2) is 0 Å². The summed E-state index contributed by atoms with van der Waals surface area (Å²) in [6, 6.07) is 12.9. The van der Waals surface area contributed by atoms with Crippen LogP contribution in [0.2, 0.25) is 0 Å². The number of rotatable bonds is 6. The molecule has 29 heavy (non-hydrogen) atoms. The summed E-state index contributed by atoms with van der Waals surface area (Å²) in [4.78, 5) is 41.9. The molecule has 0 bridgehead atoms. The van der Waals surface area contributed by atoms with Crippen molar-refractivity contribution < 1.29 is 14.4 Å². The molecule has 148 valence electrons. The number of hydrogen-bond acceptors (Lipinski definition) is 3. The number of aromatic amines is 1. The van der Waals surface area contributed by atoms with Crippen LogP contribution in [-0.4, -0.2) is 40.7 Å². The summed E-state index contributed by atoms with van der Waals surface area (Å²) < 4.78 is 0. The van der Waals surface area contributed by atoms with E-state index in [-0.39, 0.29) is 23.6 Å². The molecular formula is C23H23N3O3. The lowest BCUT2D eigenvalue weighted by atomic mass is 10.1. The summed E-state index contributed by atoms with van der Waals surface area (Å²) in [5.74, 6) is -0.678. The quantitative estimate of drug-likeness (QED) is 0.634. The van der Waals surface area contributed by atoms with E-state index in [9.17, 15) is 14.4 Å². The van der Waals surface area contributed by atoms with Crippen LogP contribution in [0.5, 0.6) is 0 Å². The first kappa shape index (κ1) is 18.9. The Labute approximate surface area is 168 Å². The molecule has 4 rings (SSSR count). The van der Waals surface area contributed by atoms with Gasteiger partial charge in [0.2, 0.25) is 0 Å². The zero-order valence-electron chi connectivity index (χ0n) is 16.5. The average Bonchev–Trinajstić information content (AvgIpc) is 3.26. The van der Waals surface area contributed by atoms with Gasteiger partial charge < -0.3 is 10.3 Å². The maximum absolute atomic E-state index is 12.6. The highest BCUT2D eigenvalue weighted by molar-refractivity contribution is 6.22. The predicted molar refractivity (Wildman–Crippen MR) is 111 cm³/mol. The first-order chi connectivity index (χ1) is 13.9. The van der Waals surface area contributed by atoms with Crippen molar-refractivity contribution >= 4 is 28.6 Å². The molecular weight excluding hydrogens is 366 g/mol. The van der Waals surface area contributed by atoms with Gasteiger partial charge in [-0.1, -0.05) is 19.9 Å². The lowest BCUT2D eigenvalue weighted by Crippen LogP contribution is -2.33. The van der Waals surface area contributed by atoms with Crippen LogP contribution in [0.3, 0.4) is 0 Å². The van der Waals surface area contributed by atoms with Crippen molar-refractivity contribution in [1.29, 1.82) is 0 Å². The van der Waals surface area contributed by atoms with Crippen LogP contribution in [0.1, 0.15) is 50.5 Å². The highest BCUT2D eigenvalue weighted by Crippen LogP contribution is 2.25. The highest BCUT2D eigenvalue weighted by Gasteiger charge is 2.36. The Kier molecular flexibility index (Phi) is 4.92. The van der Waals surface area contributed by atoms with E-state index in [2.05, 4.69) is 16.4 Å². The molecule has 6 nitrogen and oxygen atoms in total. The number of imide groups is 1. The molecule has 2 aromatic carbocycles. The fourth-order valence-corrected chi connectivity index (χ4v) is 3.64. The van der Waals surface area contributed by atoms with E-state index in [1.54, 1.807) is 12.1 Å². The molecule has 0 aliphatic carbocycles. The molecule has 2 heterocycles. The van der Waals surface area contributed by atoms with Gasteiger partial charge in [0, 0.05) is 30.4 Å². The molecule has 3 amide bonds. The van der Waals surface area contributed by atoms with E-state index in [0.717, 1.165) is 16.5 Å². The standard InChI is InChI=1S/C23H23N3O3/c1-14(2)13-26-22(28)18-5-4-17(12-19(18)23(26)29)21(27)25-9-7-15-3-6-20-16(11-15)8-10-24-20/h3-6,8,10-12,14,24H,7,9,13H2,1-2H3,(H,25,27). The Morgan fingerprint density at radius 3 is 2.62 bits per heavy atom. The van der Waals surface area contributed by atoms with Crippen LogP contribution in [0, 0.1) is 5.92 Å². The van der Waals surface area contributed by atoms with Crippen molar-refractivity contribution in [2.75, 3.05) is 13.1 Å². The number of hydrogen-bond donors (Lipinski definition) is 2. The van der Waals surface area contributed by atoms with Crippen molar-refractivity contribution in [3.8, 4) is 0 Å². The second kappa shape index (κ2) is 7.54. The van der Waals surface area contributed by atoms with Gasteiger partial charge in [0.25, 0.3) is 17.7 Å². The summed E-state index contributed by atoms with van der Waals surface area (Å²) >= 11 is 0. The summed E-state index contributed by atoms with van der Waals surface area (Å²) in [5.41, 5.74) is 3.28. The van der Waals surface area contributed by atoms with E-state index in [4.69, 9.17) is 0 Å². The minimum absolute atomic E-state index is 0.186. The maximum atomic E-state index is 12.6. The van der Waals surface area contributed by atoms with Gasteiger partial charge in [-0.2, -0.15) is 0 Å². The smallest absolute Gasteiger partial charge is 0.261 e. The number of H-pyrrole nitrogens is 1. The third-order valence-electron chi connectivity index (χ3n) is 5.10. The summed E-state index contributed by atoms with van der Waals surface area (Å²) in [5, 5.41) is 4.03. The minimum Gasteiger partial charge on any atom is -0.361 e. The molecule has 6 heteroatoms. The van der Waals surface area contributed by atoms with E-state index in [1.807, 2.05) is 38.2 Å². The zero-order chi connectivity index (χ0) is 20.5. The molecule has 1 aliphatic rings. The van der Waals surface area contributed by atoms with Crippen LogP contribution in [-0.2, 0) is 6.42 Å². The van der Waals surface area contributed by atoms with Crippen LogP contribution in [0.25, 0.3) is 10.9 Å². The molecule has 0 atom stereocenters. The second-order valence-corrected chi connectivity index (χ2v) is 7.78. The third kappa shape index (κ3) is 3.66. The van der Waals surface area contributed by atoms with E-state index >= 15 is 0 Å². The number of carbonyl (C=O) groups excluding carboxylic acids is 3. The van der Waals surface area contributed by atoms with Crippen LogP contribution >= 0.6 is 0 Å². The summed E-state index contributed by atoms with van der Waals surface area (Å²) in [6.45, 7) is 4.77. The van der Waals surface area contributed by atoms with Crippen LogP contribution < -0.4 is 5.32 Å². The number of nitrogens with one attached hydrogen (secondary N) is 2. The lowest BCUT2D eigenvalue weighted by molar-refractivity contribution is 0.0636. The monoisotopic (exact) mass is 389 g/mol. The molecule has 1 aromatic heterocycles. The Bertz CT molecular complexity index is 1110. The largest absolute Gasteiger partial charge is 0.361 e. The topological polar surface area (TPSA) is 82.3 Å². The van der Waals surface area contributed by atoms with E-state index < -0.39 is 0 Å².